The number of carbonyl (C=O) groups excluding carboxylic acids is 1. The van der Waals surface area contributed by atoms with Crippen molar-refractivity contribution in [3.63, 3.8) is 0 Å². The lowest BCUT2D eigenvalue weighted by atomic mass is 10.1. The summed E-state index contributed by atoms with van der Waals surface area (Å²) in [6.45, 7) is 0.178. The zero-order valence-electron chi connectivity index (χ0n) is 15.7. The van der Waals surface area contributed by atoms with Crippen LogP contribution in [-0.2, 0) is 6.54 Å². The van der Waals surface area contributed by atoms with Gasteiger partial charge in [-0.15, -0.1) is 0 Å². The molecule has 0 fully saturated rings. The number of nitrogens with zero attached hydrogens (tertiary/aromatic N) is 2. The van der Waals surface area contributed by atoms with Gasteiger partial charge in [0.15, 0.2) is 22.1 Å². The number of rotatable bonds is 7. The third-order valence-electron chi connectivity index (χ3n) is 4.09. The Labute approximate surface area is 167 Å². The third-order valence-corrected chi connectivity index (χ3v) is 4.36. The van der Waals surface area contributed by atoms with Gasteiger partial charge in [-0.25, -0.2) is 0 Å². The number of hydrogen-bond acceptors (Lipinski definition) is 6. The molecule has 1 heterocycles. The van der Waals surface area contributed by atoms with E-state index in [1.54, 1.807) is 16.7 Å². The summed E-state index contributed by atoms with van der Waals surface area (Å²) in [5, 5.41) is 9.81. The molecule has 0 unspecified atom stereocenters. The predicted octanol–water partition coefficient (Wildman–Crippen LogP) is 2.89. The van der Waals surface area contributed by atoms with Crippen LogP contribution in [0.5, 0.6) is 17.2 Å². The van der Waals surface area contributed by atoms with E-state index in [9.17, 15) is 4.79 Å². The van der Waals surface area contributed by atoms with E-state index in [-0.39, 0.29) is 12.5 Å². The molecule has 0 aliphatic carbocycles. The highest BCUT2D eigenvalue weighted by Gasteiger charge is 2.17. The van der Waals surface area contributed by atoms with E-state index in [1.807, 2.05) is 30.3 Å². The summed E-state index contributed by atoms with van der Waals surface area (Å²) in [5.41, 5.74) is 1.23. The van der Waals surface area contributed by atoms with Crippen LogP contribution in [0.3, 0.4) is 0 Å². The lowest BCUT2D eigenvalue weighted by molar-refractivity contribution is 0.0949. The highest BCUT2D eigenvalue weighted by atomic mass is 32.1. The number of benzene rings is 2. The van der Waals surface area contributed by atoms with Gasteiger partial charge in [-0.2, -0.15) is 5.10 Å². The molecule has 2 N–H and O–H groups in total. The molecule has 2 aromatic carbocycles. The van der Waals surface area contributed by atoms with Crippen molar-refractivity contribution in [2.75, 3.05) is 21.3 Å². The van der Waals surface area contributed by atoms with Crippen molar-refractivity contribution in [1.82, 2.24) is 20.1 Å². The molecule has 0 spiro atoms. The summed E-state index contributed by atoms with van der Waals surface area (Å²) < 4.78 is 18.1. The second-order valence-electron chi connectivity index (χ2n) is 5.71. The highest BCUT2D eigenvalue weighted by molar-refractivity contribution is 7.71. The molecule has 0 aliphatic heterocycles. The van der Waals surface area contributed by atoms with Gasteiger partial charge >= 0.3 is 0 Å². The molecule has 1 aromatic heterocycles. The molecule has 0 bridgehead atoms. The molecule has 9 heteroatoms. The topological polar surface area (TPSA) is 90.4 Å². The molecule has 8 nitrogen and oxygen atoms in total. The molecule has 1 amide bonds. The van der Waals surface area contributed by atoms with Crippen LogP contribution < -0.4 is 19.5 Å². The number of aromatic amines is 1. The average Bonchev–Trinajstić information content (AvgIpc) is 3.11. The molecule has 3 aromatic rings. The van der Waals surface area contributed by atoms with Crippen LogP contribution in [0.4, 0.5) is 0 Å². The molecule has 28 heavy (non-hydrogen) atoms. The number of aromatic nitrogens is 3. The largest absolute Gasteiger partial charge is 0.493 e. The fraction of sp³-hybridized carbons (Fsp3) is 0.211. The van der Waals surface area contributed by atoms with Crippen molar-refractivity contribution in [3.05, 3.63) is 58.6 Å². The van der Waals surface area contributed by atoms with Crippen molar-refractivity contribution >= 4 is 18.1 Å². The van der Waals surface area contributed by atoms with Gasteiger partial charge in [0, 0.05) is 11.3 Å². The molecule has 0 radical (unpaired) electrons. The second kappa shape index (κ2) is 8.57. The summed E-state index contributed by atoms with van der Waals surface area (Å²) in [7, 11) is 4.50. The van der Waals surface area contributed by atoms with E-state index in [4.69, 9.17) is 26.4 Å². The fourth-order valence-corrected chi connectivity index (χ4v) is 3.02. The monoisotopic (exact) mass is 400 g/mol. The number of methoxy groups -OCH3 is 3. The van der Waals surface area contributed by atoms with Crippen molar-refractivity contribution in [2.24, 2.45) is 0 Å². The van der Waals surface area contributed by atoms with Crippen LogP contribution >= 0.6 is 12.2 Å². The minimum Gasteiger partial charge on any atom is -0.493 e. The van der Waals surface area contributed by atoms with Crippen molar-refractivity contribution < 1.29 is 19.0 Å². The maximum Gasteiger partial charge on any atom is 0.251 e. The quantitative estimate of drug-likeness (QED) is 0.593. The molecule has 0 atom stereocenters. The number of hydrogen-bond donors (Lipinski definition) is 2. The Morgan fingerprint density at radius 3 is 2.32 bits per heavy atom. The molecule has 0 aliphatic rings. The van der Waals surface area contributed by atoms with Crippen LogP contribution in [0.25, 0.3) is 5.69 Å². The lowest BCUT2D eigenvalue weighted by Crippen LogP contribution is -2.24. The second-order valence-corrected chi connectivity index (χ2v) is 6.10. The third kappa shape index (κ3) is 3.84. The zero-order chi connectivity index (χ0) is 20.1. The number of carbonyl (C=O) groups is 1. The first-order chi connectivity index (χ1) is 13.6. The Bertz CT molecular complexity index is 1000. The lowest BCUT2D eigenvalue weighted by Gasteiger charge is -2.14. The Morgan fingerprint density at radius 1 is 1.11 bits per heavy atom. The number of ether oxygens (including phenoxy) is 3. The average molecular weight is 400 g/mol. The van der Waals surface area contributed by atoms with Crippen LogP contribution in [0.1, 0.15) is 16.2 Å². The van der Waals surface area contributed by atoms with E-state index >= 15 is 0 Å². The summed E-state index contributed by atoms with van der Waals surface area (Å²) in [6.07, 6.45) is 0. The fourth-order valence-electron chi connectivity index (χ4n) is 2.77. The van der Waals surface area contributed by atoms with Crippen LogP contribution in [0, 0.1) is 4.77 Å². The first-order valence-electron chi connectivity index (χ1n) is 8.39. The predicted molar refractivity (Wildman–Crippen MR) is 106 cm³/mol. The minimum absolute atomic E-state index is 0.178. The summed E-state index contributed by atoms with van der Waals surface area (Å²) in [4.78, 5) is 12.7. The Kier molecular flexibility index (Phi) is 5.95. The normalized spacial score (nSPS) is 10.4. The van der Waals surface area contributed by atoms with Crippen molar-refractivity contribution in [2.45, 2.75) is 6.54 Å². The molecule has 0 saturated heterocycles. The standard InChI is InChI=1S/C19H20N4O4S/c1-25-14-9-12(10-15(26-2)17(14)27-3)18(24)20-11-16-21-22-19(28)23(16)13-7-5-4-6-8-13/h4-10H,11H2,1-3H3,(H,20,24)(H,22,28). The Morgan fingerprint density at radius 2 is 1.75 bits per heavy atom. The van der Waals surface area contributed by atoms with Crippen LogP contribution in [-0.4, -0.2) is 42.0 Å². The van der Waals surface area contributed by atoms with Crippen LogP contribution in [0.2, 0.25) is 0 Å². The number of nitrogens with one attached hydrogen (secondary N) is 2. The van der Waals surface area contributed by atoms with Gasteiger partial charge in [-0.3, -0.25) is 14.5 Å². The Hall–Kier alpha value is -3.33. The van der Waals surface area contributed by atoms with Gasteiger partial charge in [0.25, 0.3) is 5.91 Å². The maximum atomic E-state index is 12.7. The molecule has 0 saturated carbocycles. The molecule has 146 valence electrons. The summed E-state index contributed by atoms with van der Waals surface area (Å²) in [6, 6.07) is 12.7. The summed E-state index contributed by atoms with van der Waals surface area (Å²) >= 11 is 5.31. The molecular weight excluding hydrogens is 380 g/mol. The zero-order valence-corrected chi connectivity index (χ0v) is 16.5. The molecular formula is C19H20N4O4S. The SMILES string of the molecule is COc1cc(C(=O)NCc2n[nH]c(=S)n2-c2ccccc2)cc(OC)c1OC. The van der Waals surface area contributed by atoms with Gasteiger partial charge in [0.05, 0.1) is 27.9 Å². The van der Waals surface area contributed by atoms with Gasteiger partial charge in [-0.1, -0.05) is 18.2 Å². The number of amides is 1. The maximum absolute atomic E-state index is 12.7. The van der Waals surface area contributed by atoms with Crippen LogP contribution in [0.15, 0.2) is 42.5 Å². The van der Waals surface area contributed by atoms with E-state index in [2.05, 4.69) is 15.5 Å². The van der Waals surface area contributed by atoms with Crippen molar-refractivity contribution in [1.29, 1.82) is 0 Å². The van der Waals surface area contributed by atoms with E-state index in [0.29, 0.717) is 33.4 Å². The van der Waals surface area contributed by atoms with E-state index in [1.165, 1.54) is 21.3 Å². The summed E-state index contributed by atoms with van der Waals surface area (Å²) in [5.74, 6) is 1.49. The van der Waals surface area contributed by atoms with Crippen molar-refractivity contribution in [3.8, 4) is 22.9 Å². The Balaban J connectivity index is 1.83. The molecule has 3 rings (SSSR count). The van der Waals surface area contributed by atoms with Gasteiger partial charge in [0.2, 0.25) is 5.75 Å². The first-order valence-corrected chi connectivity index (χ1v) is 8.79. The van der Waals surface area contributed by atoms with Gasteiger partial charge < -0.3 is 19.5 Å². The first kappa shape index (κ1) is 19.4. The highest BCUT2D eigenvalue weighted by Crippen LogP contribution is 2.38. The number of para-hydroxylation sites is 1. The van der Waals surface area contributed by atoms with E-state index < -0.39 is 0 Å². The van der Waals surface area contributed by atoms with Gasteiger partial charge in [0.1, 0.15) is 0 Å². The minimum atomic E-state index is -0.312. The smallest absolute Gasteiger partial charge is 0.251 e. The van der Waals surface area contributed by atoms with Gasteiger partial charge in [-0.05, 0) is 36.5 Å². The number of H-pyrrole nitrogens is 1. The van der Waals surface area contributed by atoms with E-state index in [0.717, 1.165) is 5.69 Å².